The molecule has 2 aromatic carbocycles. The number of carboxylic acid groups (broad SMARTS) is 1. The molecule has 0 saturated carbocycles. The third kappa shape index (κ3) is 4.66. The Morgan fingerprint density at radius 2 is 2.03 bits per heavy atom. The van der Waals surface area contributed by atoms with Crippen molar-refractivity contribution in [3.05, 3.63) is 76.6 Å². The molecular weight excluding hydrogens is 464 g/mol. The van der Waals surface area contributed by atoms with Gasteiger partial charge in [0.2, 0.25) is 0 Å². The van der Waals surface area contributed by atoms with Crippen LogP contribution < -0.4 is 0 Å². The number of piperidine rings is 1. The van der Waals surface area contributed by atoms with Gasteiger partial charge in [-0.05, 0) is 87.0 Å². The predicted octanol–water partition coefficient (Wildman–Crippen LogP) is 4.86. The number of aryl methyl sites for hydroxylation is 3. The molecule has 0 unspecified atom stereocenters. The lowest BCUT2D eigenvalue weighted by molar-refractivity contribution is -0.147. The topological polar surface area (TPSA) is 89.1 Å². The highest BCUT2D eigenvalue weighted by Crippen LogP contribution is 2.44. The number of aromatic nitrogens is 5. The maximum absolute atomic E-state index is 12.6. The van der Waals surface area contributed by atoms with Gasteiger partial charge in [-0.1, -0.05) is 29.5 Å². The summed E-state index contributed by atoms with van der Waals surface area (Å²) in [4.78, 5) is 15.1. The minimum Gasteiger partial charge on any atom is -0.481 e. The SMILES string of the molecule is Cc1ccc([C@@H](c2ccc3c(nnn3C)c2C)C(C)(C)C(=O)O)cc1CN1CCC[C@H](n2cccn2)C1. The molecule has 0 aliphatic carbocycles. The molecule has 194 valence electrons. The second-order valence-corrected chi connectivity index (χ2v) is 11.0. The third-order valence-corrected chi connectivity index (χ3v) is 8.14. The van der Waals surface area contributed by atoms with Crippen molar-refractivity contribution in [2.45, 2.75) is 59.0 Å². The molecule has 1 fully saturated rings. The molecule has 2 atom stereocenters. The minimum atomic E-state index is -1.02. The average Bonchev–Trinajstić information content (AvgIpc) is 3.53. The van der Waals surface area contributed by atoms with Gasteiger partial charge in [-0.15, -0.1) is 5.10 Å². The van der Waals surface area contributed by atoms with Gasteiger partial charge in [0.05, 0.1) is 17.0 Å². The number of benzene rings is 2. The first-order valence-corrected chi connectivity index (χ1v) is 13.0. The molecule has 1 saturated heterocycles. The fourth-order valence-electron chi connectivity index (χ4n) is 5.84. The van der Waals surface area contributed by atoms with Crippen LogP contribution in [0.3, 0.4) is 0 Å². The minimum absolute atomic E-state index is 0.339. The van der Waals surface area contributed by atoms with Crippen molar-refractivity contribution >= 4 is 17.0 Å². The molecule has 0 amide bonds. The average molecular weight is 501 g/mol. The number of nitrogens with zero attached hydrogens (tertiary/aromatic N) is 6. The van der Waals surface area contributed by atoms with E-state index in [4.69, 9.17) is 0 Å². The summed E-state index contributed by atoms with van der Waals surface area (Å²) in [7, 11) is 1.87. The van der Waals surface area contributed by atoms with E-state index in [1.165, 1.54) is 11.1 Å². The Hall–Kier alpha value is -3.52. The first-order valence-electron chi connectivity index (χ1n) is 13.0. The Labute approximate surface area is 217 Å². The number of carboxylic acids is 1. The Kier molecular flexibility index (Phi) is 6.62. The number of hydrogen-bond donors (Lipinski definition) is 1. The fourth-order valence-corrected chi connectivity index (χ4v) is 5.84. The van der Waals surface area contributed by atoms with Gasteiger partial charge in [0.1, 0.15) is 5.52 Å². The summed E-state index contributed by atoms with van der Waals surface area (Å²) in [5.74, 6) is -1.16. The predicted molar refractivity (Wildman–Crippen MR) is 143 cm³/mol. The van der Waals surface area contributed by atoms with Crippen LogP contribution in [0.4, 0.5) is 0 Å². The molecule has 1 N–H and O–H groups in total. The summed E-state index contributed by atoms with van der Waals surface area (Å²) < 4.78 is 3.83. The summed E-state index contributed by atoms with van der Waals surface area (Å²) in [6, 6.07) is 12.9. The Bertz CT molecular complexity index is 1420. The van der Waals surface area contributed by atoms with Crippen LogP contribution in [-0.2, 0) is 18.4 Å². The second kappa shape index (κ2) is 9.74. The van der Waals surface area contributed by atoms with Gasteiger partial charge >= 0.3 is 5.97 Å². The largest absolute Gasteiger partial charge is 0.481 e. The van der Waals surface area contributed by atoms with E-state index in [1.807, 2.05) is 46.1 Å². The molecule has 8 nitrogen and oxygen atoms in total. The molecule has 0 spiro atoms. The maximum Gasteiger partial charge on any atom is 0.310 e. The van der Waals surface area contributed by atoms with Crippen molar-refractivity contribution in [1.29, 1.82) is 0 Å². The van der Waals surface area contributed by atoms with E-state index in [0.717, 1.165) is 60.2 Å². The summed E-state index contributed by atoms with van der Waals surface area (Å²) >= 11 is 0. The zero-order valence-corrected chi connectivity index (χ0v) is 22.3. The van der Waals surface area contributed by atoms with Gasteiger partial charge in [-0.2, -0.15) is 5.10 Å². The third-order valence-electron chi connectivity index (χ3n) is 8.14. The molecule has 2 aromatic heterocycles. The van der Waals surface area contributed by atoms with Crippen LogP contribution in [0.2, 0.25) is 0 Å². The lowest BCUT2D eigenvalue weighted by Crippen LogP contribution is -2.36. The summed E-state index contributed by atoms with van der Waals surface area (Å²) in [6.07, 6.45) is 6.16. The van der Waals surface area contributed by atoms with Crippen molar-refractivity contribution in [3.63, 3.8) is 0 Å². The second-order valence-electron chi connectivity index (χ2n) is 11.0. The molecular formula is C29H36N6O2. The van der Waals surface area contributed by atoms with E-state index in [1.54, 1.807) is 4.68 Å². The molecule has 0 radical (unpaired) electrons. The van der Waals surface area contributed by atoms with E-state index in [-0.39, 0.29) is 5.92 Å². The van der Waals surface area contributed by atoms with Crippen molar-refractivity contribution in [2.24, 2.45) is 12.5 Å². The summed E-state index contributed by atoms with van der Waals surface area (Å²) in [6.45, 7) is 10.6. The van der Waals surface area contributed by atoms with Crippen molar-refractivity contribution in [2.75, 3.05) is 13.1 Å². The van der Waals surface area contributed by atoms with Crippen molar-refractivity contribution in [1.82, 2.24) is 29.7 Å². The standard InChI is InChI=1S/C29H36N6O2/c1-19-9-10-21(16-22(19)17-34-14-6-8-23(18-34)35-15-7-13-30-35)26(29(3,4)28(36)37)24-11-12-25-27(20(24)2)31-32-33(25)5/h7,9-13,15-16,23,26H,6,8,14,17-18H2,1-5H3,(H,36,37)/t23-,26-/m0/s1. The van der Waals surface area contributed by atoms with E-state index >= 15 is 0 Å². The first kappa shape index (κ1) is 25.1. The van der Waals surface area contributed by atoms with Crippen LogP contribution in [0, 0.1) is 19.3 Å². The highest BCUT2D eigenvalue weighted by molar-refractivity contribution is 5.81. The lowest BCUT2D eigenvalue weighted by atomic mass is 9.69. The highest BCUT2D eigenvalue weighted by atomic mass is 16.4. The molecule has 1 aliphatic rings. The number of rotatable bonds is 7. The number of fused-ring (bicyclic) bond motifs is 1. The van der Waals surface area contributed by atoms with Crippen LogP contribution in [0.1, 0.15) is 66.5 Å². The molecule has 0 bridgehead atoms. The molecule has 3 heterocycles. The molecule has 1 aliphatic heterocycles. The monoisotopic (exact) mass is 500 g/mol. The molecule has 4 aromatic rings. The van der Waals surface area contributed by atoms with Gasteiger partial charge in [-0.25, -0.2) is 4.68 Å². The number of carbonyl (C=O) groups is 1. The zero-order valence-electron chi connectivity index (χ0n) is 22.3. The highest BCUT2D eigenvalue weighted by Gasteiger charge is 2.40. The quantitative estimate of drug-likeness (QED) is 0.390. The van der Waals surface area contributed by atoms with Crippen LogP contribution >= 0.6 is 0 Å². The van der Waals surface area contributed by atoms with Crippen LogP contribution in [0.25, 0.3) is 11.0 Å². The maximum atomic E-state index is 12.6. The van der Waals surface area contributed by atoms with Gasteiger partial charge < -0.3 is 5.11 Å². The van der Waals surface area contributed by atoms with Crippen LogP contribution in [0.5, 0.6) is 0 Å². The van der Waals surface area contributed by atoms with Gasteiger partial charge in [-0.3, -0.25) is 14.4 Å². The number of aliphatic carboxylic acids is 1. The van der Waals surface area contributed by atoms with E-state index in [0.29, 0.717) is 6.04 Å². The van der Waals surface area contributed by atoms with E-state index in [9.17, 15) is 9.90 Å². The number of hydrogen-bond acceptors (Lipinski definition) is 5. The van der Waals surface area contributed by atoms with Gasteiger partial charge in [0.15, 0.2) is 0 Å². The van der Waals surface area contributed by atoms with E-state index < -0.39 is 11.4 Å². The van der Waals surface area contributed by atoms with Gasteiger partial charge in [0.25, 0.3) is 0 Å². The Balaban J connectivity index is 1.52. The fraction of sp³-hybridized carbons (Fsp3) is 0.448. The summed E-state index contributed by atoms with van der Waals surface area (Å²) in [5.41, 5.74) is 6.16. The number of likely N-dealkylation sites (tertiary alicyclic amines) is 1. The van der Waals surface area contributed by atoms with Crippen LogP contribution in [-0.4, -0.2) is 53.8 Å². The summed E-state index contributed by atoms with van der Waals surface area (Å²) in [5, 5.41) is 23.3. The van der Waals surface area contributed by atoms with Gasteiger partial charge in [0, 0.05) is 38.4 Å². The molecule has 8 heteroatoms. The molecule has 5 rings (SSSR count). The normalized spacial score (nSPS) is 17.8. The van der Waals surface area contributed by atoms with Crippen molar-refractivity contribution < 1.29 is 9.90 Å². The Morgan fingerprint density at radius 1 is 1.22 bits per heavy atom. The smallest absolute Gasteiger partial charge is 0.310 e. The molecule has 37 heavy (non-hydrogen) atoms. The Morgan fingerprint density at radius 3 is 2.76 bits per heavy atom. The van der Waals surface area contributed by atoms with Crippen molar-refractivity contribution in [3.8, 4) is 0 Å². The van der Waals surface area contributed by atoms with E-state index in [2.05, 4.69) is 62.4 Å². The zero-order chi connectivity index (χ0) is 26.3. The first-order chi connectivity index (χ1) is 17.7. The lowest BCUT2D eigenvalue weighted by Gasteiger charge is -2.35. The van der Waals surface area contributed by atoms with Crippen LogP contribution in [0.15, 0.2) is 48.8 Å².